The highest BCUT2D eigenvalue weighted by Gasteiger charge is 2.12. The molecule has 0 aliphatic carbocycles. The zero-order chi connectivity index (χ0) is 12.8. The summed E-state index contributed by atoms with van der Waals surface area (Å²) in [6, 6.07) is 7.33. The first-order valence-corrected chi connectivity index (χ1v) is 5.15. The summed E-state index contributed by atoms with van der Waals surface area (Å²) in [6.45, 7) is 1.39. The number of hydrogen-bond donors (Lipinski definition) is 1. The fourth-order valence-electron chi connectivity index (χ4n) is 1.26. The van der Waals surface area contributed by atoms with Crippen LogP contribution in [0.4, 0.5) is 0 Å². The molecule has 1 N–H and O–H groups in total. The molecule has 0 aromatic heterocycles. The van der Waals surface area contributed by atoms with E-state index in [9.17, 15) is 9.59 Å². The molecule has 0 saturated carbocycles. The number of carboxylic acids is 1. The van der Waals surface area contributed by atoms with Crippen LogP contribution in [0.5, 0.6) is 5.75 Å². The van der Waals surface area contributed by atoms with Crippen molar-refractivity contribution >= 4 is 11.9 Å². The van der Waals surface area contributed by atoms with Crippen molar-refractivity contribution in [1.82, 2.24) is 4.90 Å². The van der Waals surface area contributed by atoms with Crippen LogP contribution in [0.25, 0.3) is 0 Å². The normalized spacial score (nSPS) is 9.76. The Morgan fingerprint density at radius 1 is 1.35 bits per heavy atom. The quantitative estimate of drug-likeness (QED) is 0.826. The van der Waals surface area contributed by atoms with E-state index in [0.29, 0.717) is 5.75 Å². The molecule has 5 heteroatoms. The van der Waals surface area contributed by atoms with Gasteiger partial charge in [0, 0.05) is 7.05 Å². The number of hydrogen-bond acceptors (Lipinski definition) is 3. The van der Waals surface area contributed by atoms with Crippen molar-refractivity contribution in [1.29, 1.82) is 0 Å². The summed E-state index contributed by atoms with van der Waals surface area (Å²) in [5, 5.41) is 8.53. The summed E-state index contributed by atoms with van der Waals surface area (Å²) in [5.74, 6) is -0.781. The zero-order valence-corrected chi connectivity index (χ0v) is 9.84. The minimum atomic E-state index is -1.04. The van der Waals surface area contributed by atoms with Gasteiger partial charge in [-0.3, -0.25) is 9.59 Å². The van der Waals surface area contributed by atoms with Crippen molar-refractivity contribution in [3.63, 3.8) is 0 Å². The van der Waals surface area contributed by atoms with Crippen molar-refractivity contribution in [2.75, 3.05) is 20.2 Å². The molecule has 0 bridgehead atoms. The fraction of sp³-hybridized carbons (Fsp3) is 0.333. The monoisotopic (exact) mass is 237 g/mol. The number of rotatable bonds is 5. The molecule has 0 unspecified atom stereocenters. The molecular formula is C12H15NO4. The summed E-state index contributed by atoms with van der Waals surface area (Å²) in [6.07, 6.45) is 0. The third kappa shape index (κ3) is 4.14. The van der Waals surface area contributed by atoms with E-state index in [-0.39, 0.29) is 19.1 Å². The van der Waals surface area contributed by atoms with E-state index in [1.807, 2.05) is 25.1 Å². The molecule has 1 rings (SSSR count). The number of ether oxygens (including phenoxy) is 1. The number of benzene rings is 1. The van der Waals surface area contributed by atoms with Crippen LogP contribution in [0, 0.1) is 6.92 Å². The van der Waals surface area contributed by atoms with E-state index in [4.69, 9.17) is 9.84 Å². The minimum Gasteiger partial charge on any atom is -0.484 e. The van der Waals surface area contributed by atoms with Crippen molar-refractivity contribution < 1.29 is 19.4 Å². The molecule has 0 aliphatic rings. The smallest absolute Gasteiger partial charge is 0.323 e. The molecule has 0 heterocycles. The Morgan fingerprint density at radius 2 is 2.00 bits per heavy atom. The highest BCUT2D eigenvalue weighted by Crippen LogP contribution is 2.15. The number of carbonyl (C=O) groups is 2. The molecule has 0 radical (unpaired) electrons. The van der Waals surface area contributed by atoms with Crippen LogP contribution >= 0.6 is 0 Å². The highest BCUT2D eigenvalue weighted by molar-refractivity contribution is 5.82. The molecule has 92 valence electrons. The average molecular weight is 237 g/mol. The molecular weight excluding hydrogens is 222 g/mol. The van der Waals surface area contributed by atoms with Crippen molar-refractivity contribution in [3.05, 3.63) is 29.8 Å². The maximum Gasteiger partial charge on any atom is 0.323 e. The van der Waals surface area contributed by atoms with Gasteiger partial charge >= 0.3 is 5.97 Å². The van der Waals surface area contributed by atoms with Crippen molar-refractivity contribution in [2.45, 2.75) is 6.92 Å². The van der Waals surface area contributed by atoms with E-state index < -0.39 is 5.97 Å². The van der Waals surface area contributed by atoms with Gasteiger partial charge in [-0.2, -0.15) is 0 Å². The predicted molar refractivity (Wildman–Crippen MR) is 61.9 cm³/mol. The first kappa shape index (κ1) is 13.0. The maximum atomic E-state index is 11.5. The van der Waals surface area contributed by atoms with Gasteiger partial charge in [0.15, 0.2) is 6.61 Å². The van der Waals surface area contributed by atoms with Gasteiger partial charge in [0.25, 0.3) is 5.91 Å². The SMILES string of the molecule is Cc1ccccc1OCC(=O)N(C)CC(=O)O. The molecule has 0 atom stereocenters. The van der Waals surface area contributed by atoms with Crippen LogP contribution in [-0.4, -0.2) is 42.1 Å². The number of likely N-dealkylation sites (N-methyl/N-ethyl adjacent to an activating group) is 1. The molecule has 1 aromatic carbocycles. The topological polar surface area (TPSA) is 66.8 Å². The summed E-state index contributed by atoms with van der Waals surface area (Å²) >= 11 is 0. The predicted octanol–water partition coefficient (Wildman–Crippen LogP) is 0.917. The number of aryl methyl sites for hydroxylation is 1. The Labute approximate surface area is 99.6 Å². The summed E-state index contributed by atoms with van der Waals surface area (Å²) < 4.78 is 5.32. The lowest BCUT2D eigenvalue weighted by Gasteiger charge is -2.15. The maximum absolute atomic E-state index is 11.5. The van der Waals surface area contributed by atoms with E-state index in [1.54, 1.807) is 6.07 Å². The standard InChI is InChI=1S/C12H15NO4/c1-9-5-3-4-6-10(9)17-8-11(14)13(2)7-12(15)16/h3-6H,7-8H2,1-2H3,(H,15,16). The Bertz CT molecular complexity index is 417. The first-order chi connectivity index (χ1) is 8.00. The largest absolute Gasteiger partial charge is 0.484 e. The third-order valence-corrected chi connectivity index (χ3v) is 2.24. The van der Waals surface area contributed by atoms with E-state index in [0.717, 1.165) is 10.5 Å². The molecule has 0 saturated heterocycles. The van der Waals surface area contributed by atoms with Gasteiger partial charge in [-0.15, -0.1) is 0 Å². The van der Waals surface area contributed by atoms with Gasteiger partial charge in [-0.25, -0.2) is 0 Å². The Kier molecular flexibility index (Phi) is 4.51. The lowest BCUT2D eigenvalue weighted by molar-refractivity contribution is -0.144. The van der Waals surface area contributed by atoms with Crippen LogP contribution < -0.4 is 4.74 Å². The minimum absolute atomic E-state index is 0.158. The molecule has 5 nitrogen and oxygen atoms in total. The van der Waals surface area contributed by atoms with E-state index in [1.165, 1.54) is 7.05 Å². The lowest BCUT2D eigenvalue weighted by Crippen LogP contribution is -2.35. The number of para-hydroxylation sites is 1. The van der Waals surface area contributed by atoms with Crippen LogP contribution in [0.2, 0.25) is 0 Å². The number of carboxylic acid groups (broad SMARTS) is 1. The Balaban J connectivity index is 2.48. The van der Waals surface area contributed by atoms with Crippen molar-refractivity contribution in [3.8, 4) is 5.75 Å². The molecule has 0 spiro atoms. The second kappa shape index (κ2) is 5.89. The van der Waals surface area contributed by atoms with Crippen LogP contribution in [0.3, 0.4) is 0 Å². The molecule has 0 aliphatic heterocycles. The summed E-state index contributed by atoms with van der Waals surface area (Å²) in [5.41, 5.74) is 0.932. The summed E-state index contributed by atoms with van der Waals surface area (Å²) in [7, 11) is 1.43. The second-order valence-corrected chi connectivity index (χ2v) is 3.70. The molecule has 0 fully saturated rings. The second-order valence-electron chi connectivity index (χ2n) is 3.70. The van der Waals surface area contributed by atoms with Gasteiger partial charge in [-0.1, -0.05) is 18.2 Å². The third-order valence-electron chi connectivity index (χ3n) is 2.24. The van der Waals surface area contributed by atoms with Gasteiger partial charge in [0.05, 0.1) is 0 Å². The Hall–Kier alpha value is -2.04. The summed E-state index contributed by atoms with van der Waals surface area (Å²) in [4.78, 5) is 23.0. The number of carbonyl (C=O) groups excluding carboxylic acids is 1. The fourth-order valence-corrected chi connectivity index (χ4v) is 1.26. The molecule has 1 amide bonds. The van der Waals surface area contributed by atoms with Crippen molar-refractivity contribution in [2.24, 2.45) is 0 Å². The van der Waals surface area contributed by atoms with Gasteiger partial charge in [-0.05, 0) is 18.6 Å². The van der Waals surface area contributed by atoms with Gasteiger partial charge < -0.3 is 14.7 Å². The van der Waals surface area contributed by atoms with E-state index >= 15 is 0 Å². The van der Waals surface area contributed by atoms with Crippen LogP contribution in [-0.2, 0) is 9.59 Å². The average Bonchev–Trinajstić information content (AvgIpc) is 2.26. The number of amides is 1. The van der Waals surface area contributed by atoms with E-state index in [2.05, 4.69) is 0 Å². The lowest BCUT2D eigenvalue weighted by atomic mass is 10.2. The Morgan fingerprint density at radius 3 is 2.59 bits per heavy atom. The van der Waals surface area contributed by atoms with Gasteiger partial charge in [0.2, 0.25) is 0 Å². The number of nitrogens with zero attached hydrogens (tertiary/aromatic N) is 1. The molecule has 1 aromatic rings. The highest BCUT2D eigenvalue weighted by atomic mass is 16.5. The number of aliphatic carboxylic acids is 1. The molecule has 17 heavy (non-hydrogen) atoms. The van der Waals surface area contributed by atoms with Crippen LogP contribution in [0.15, 0.2) is 24.3 Å². The van der Waals surface area contributed by atoms with Gasteiger partial charge in [0.1, 0.15) is 12.3 Å². The van der Waals surface area contributed by atoms with Crippen LogP contribution in [0.1, 0.15) is 5.56 Å². The first-order valence-electron chi connectivity index (χ1n) is 5.15. The zero-order valence-electron chi connectivity index (χ0n) is 9.84.